The van der Waals surface area contributed by atoms with Gasteiger partial charge in [-0.15, -0.1) is 0 Å². The molecule has 0 heterocycles. The van der Waals surface area contributed by atoms with Crippen molar-refractivity contribution in [3.05, 3.63) is 60.8 Å². The molecule has 0 aromatic rings. The number of rotatable bonds is 63. The Balaban J connectivity index is 4.24. The number of carbonyl (C=O) groups excluding carboxylic acids is 3. The average molecular weight is 1090 g/mol. The van der Waals surface area contributed by atoms with Crippen LogP contribution >= 0.6 is 0 Å². The van der Waals surface area contributed by atoms with E-state index >= 15 is 0 Å². The van der Waals surface area contributed by atoms with Crippen LogP contribution in [0.4, 0.5) is 0 Å². The zero-order valence-electron chi connectivity index (χ0n) is 52.2. The third-order valence-corrected chi connectivity index (χ3v) is 15.2. The molecule has 0 aromatic heterocycles. The van der Waals surface area contributed by atoms with Crippen molar-refractivity contribution in [2.24, 2.45) is 0 Å². The zero-order valence-corrected chi connectivity index (χ0v) is 52.2. The van der Waals surface area contributed by atoms with Crippen LogP contribution in [0.15, 0.2) is 60.8 Å². The maximum atomic E-state index is 12.9. The zero-order chi connectivity index (χ0) is 56.4. The van der Waals surface area contributed by atoms with Gasteiger partial charge in [-0.1, -0.05) is 313 Å². The lowest BCUT2D eigenvalue weighted by Gasteiger charge is -2.18. The van der Waals surface area contributed by atoms with E-state index in [-0.39, 0.29) is 31.1 Å². The standard InChI is InChI=1S/C72H130O6/c1-4-7-10-13-16-19-22-25-28-30-31-32-33-34-35-36-37-38-39-40-41-42-45-47-50-53-56-59-62-65-71(74)77-68-69(67-76-70(73)64-61-58-55-52-49-46-43-27-24-21-18-15-12-9-6-3)78-72(75)66-63-60-57-54-51-48-44-29-26-23-20-17-14-11-8-5-2/h20,22-23,25,29-31,33-34,44,69H,4-19,21,24,26-28,32,35-43,45-68H2,1-3H3/b23-20-,25-22-,31-30-,34-33-,44-29-. The van der Waals surface area contributed by atoms with Crippen LogP contribution in [0.2, 0.25) is 0 Å². The molecule has 0 spiro atoms. The molecule has 0 N–H and O–H groups in total. The highest BCUT2D eigenvalue weighted by Crippen LogP contribution is 2.17. The maximum absolute atomic E-state index is 12.9. The molecule has 0 radical (unpaired) electrons. The van der Waals surface area contributed by atoms with Crippen molar-refractivity contribution in [1.29, 1.82) is 0 Å². The van der Waals surface area contributed by atoms with E-state index < -0.39 is 6.10 Å². The van der Waals surface area contributed by atoms with Gasteiger partial charge >= 0.3 is 17.9 Å². The summed E-state index contributed by atoms with van der Waals surface area (Å²) >= 11 is 0. The van der Waals surface area contributed by atoms with Crippen molar-refractivity contribution in [1.82, 2.24) is 0 Å². The Morgan fingerprint density at radius 3 is 0.731 bits per heavy atom. The summed E-state index contributed by atoms with van der Waals surface area (Å²) in [7, 11) is 0. The van der Waals surface area contributed by atoms with E-state index in [1.165, 1.54) is 225 Å². The van der Waals surface area contributed by atoms with E-state index in [0.29, 0.717) is 19.3 Å². The van der Waals surface area contributed by atoms with E-state index in [2.05, 4.69) is 81.5 Å². The molecule has 78 heavy (non-hydrogen) atoms. The van der Waals surface area contributed by atoms with Crippen molar-refractivity contribution < 1.29 is 28.6 Å². The maximum Gasteiger partial charge on any atom is 0.306 e. The van der Waals surface area contributed by atoms with E-state index in [1.54, 1.807) is 0 Å². The Morgan fingerprint density at radius 2 is 0.462 bits per heavy atom. The molecule has 6 nitrogen and oxygen atoms in total. The lowest BCUT2D eigenvalue weighted by atomic mass is 10.0. The molecule has 0 bridgehead atoms. The Kier molecular flexibility index (Phi) is 64.2. The molecule has 0 aromatic carbocycles. The molecule has 1 atom stereocenters. The fraction of sp³-hybridized carbons (Fsp3) is 0.819. The van der Waals surface area contributed by atoms with E-state index in [4.69, 9.17) is 14.2 Å². The molecule has 0 aliphatic carbocycles. The molecule has 0 saturated carbocycles. The average Bonchev–Trinajstić information content (AvgIpc) is 3.44. The van der Waals surface area contributed by atoms with Gasteiger partial charge in [0.1, 0.15) is 13.2 Å². The smallest absolute Gasteiger partial charge is 0.306 e. The van der Waals surface area contributed by atoms with Gasteiger partial charge in [0, 0.05) is 19.3 Å². The van der Waals surface area contributed by atoms with Crippen molar-refractivity contribution in [3.63, 3.8) is 0 Å². The van der Waals surface area contributed by atoms with Crippen LogP contribution in [0.5, 0.6) is 0 Å². The molecule has 0 amide bonds. The second kappa shape index (κ2) is 66.6. The number of allylic oxidation sites excluding steroid dienone is 10. The quantitative estimate of drug-likeness (QED) is 0.0261. The van der Waals surface area contributed by atoms with Gasteiger partial charge < -0.3 is 14.2 Å². The van der Waals surface area contributed by atoms with Gasteiger partial charge in [0.2, 0.25) is 0 Å². The highest BCUT2D eigenvalue weighted by atomic mass is 16.6. The van der Waals surface area contributed by atoms with Crippen LogP contribution in [0.1, 0.15) is 361 Å². The summed E-state index contributed by atoms with van der Waals surface area (Å²) in [4.78, 5) is 38.4. The van der Waals surface area contributed by atoms with Crippen LogP contribution in [0.3, 0.4) is 0 Å². The van der Waals surface area contributed by atoms with Gasteiger partial charge in [0.05, 0.1) is 0 Å². The number of hydrogen-bond acceptors (Lipinski definition) is 6. The summed E-state index contributed by atoms with van der Waals surface area (Å²) in [6.45, 7) is 6.65. The van der Waals surface area contributed by atoms with Crippen molar-refractivity contribution in [3.8, 4) is 0 Å². The van der Waals surface area contributed by atoms with Gasteiger partial charge in [0.15, 0.2) is 6.10 Å². The molecule has 0 aliphatic rings. The topological polar surface area (TPSA) is 78.9 Å². The number of carbonyl (C=O) groups is 3. The largest absolute Gasteiger partial charge is 0.462 e. The van der Waals surface area contributed by atoms with E-state index in [9.17, 15) is 14.4 Å². The minimum atomic E-state index is -0.780. The summed E-state index contributed by atoms with van der Waals surface area (Å²) in [6, 6.07) is 0. The summed E-state index contributed by atoms with van der Waals surface area (Å²) in [5.41, 5.74) is 0. The minimum Gasteiger partial charge on any atom is -0.462 e. The Labute approximate surface area is 485 Å². The van der Waals surface area contributed by atoms with Gasteiger partial charge in [-0.25, -0.2) is 0 Å². The van der Waals surface area contributed by atoms with Crippen LogP contribution < -0.4 is 0 Å². The fourth-order valence-corrected chi connectivity index (χ4v) is 10.1. The summed E-state index contributed by atoms with van der Waals surface area (Å²) in [5, 5.41) is 0. The first-order valence-corrected chi connectivity index (χ1v) is 34.3. The molecule has 0 aliphatic heterocycles. The van der Waals surface area contributed by atoms with Gasteiger partial charge in [0.25, 0.3) is 0 Å². The van der Waals surface area contributed by atoms with Crippen LogP contribution in [0, 0.1) is 0 Å². The van der Waals surface area contributed by atoms with Crippen molar-refractivity contribution in [2.45, 2.75) is 367 Å². The highest BCUT2D eigenvalue weighted by molar-refractivity contribution is 5.71. The number of hydrogen-bond donors (Lipinski definition) is 0. The molecule has 454 valence electrons. The number of ether oxygens (including phenoxy) is 3. The molecule has 6 heteroatoms. The second-order valence-electron chi connectivity index (χ2n) is 23.1. The minimum absolute atomic E-state index is 0.0757. The SMILES string of the molecule is CCCCCC/C=C\C/C=C\CCCCCCCC(=O)OC(COC(=O)CCCCCCCCCCCCCCCCC)COC(=O)CCCCCCCCCCCCCCCC/C=C\C/C=C\C/C=C\CCCCCCC. The summed E-state index contributed by atoms with van der Waals surface area (Å²) < 4.78 is 17.0. The monoisotopic (exact) mass is 1090 g/mol. The molecule has 0 rings (SSSR count). The summed E-state index contributed by atoms with van der Waals surface area (Å²) in [5.74, 6) is -0.869. The Bertz CT molecular complexity index is 1390. The van der Waals surface area contributed by atoms with Gasteiger partial charge in [-0.2, -0.15) is 0 Å². The Morgan fingerprint density at radius 1 is 0.256 bits per heavy atom. The van der Waals surface area contributed by atoms with Crippen LogP contribution in [-0.4, -0.2) is 37.2 Å². The Hall–Kier alpha value is -2.89. The second-order valence-corrected chi connectivity index (χ2v) is 23.1. The lowest BCUT2D eigenvalue weighted by Crippen LogP contribution is -2.30. The lowest BCUT2D eigenvalue weighted by molar-refractivity contribution is -0.167. The van der Waals surface area contributed by atoms with Gasteiger partial charge in [-0.3, -0.25) is 14.4 Å². The fourth-order valence-electron chi connectivity index (χ4n) is 10.1. The predicted molar refractivity (Wildman–Crippen MR) is 339 cm³/mol. The molecule has 0 saturated heterocycles. The van der Waals surface area contributed by atoms with Gasteiger partial charge in [-0.05, 0) is 89.9 Å². The normalized spacial score (nSPS) is 12.4. The first-order valence-electron chi connectivity index (χ1n) is 34.3. The van der Waals surface area contributed by atoms with Crippen molar-refractivity contribution in [2.75, 3.05) is 13.2 Å². The third kappa shape index (κ3) is 63.9. The number of unbranched alkanes of at least 4 members (excludes halogenated alkanes) is 42. The van der Waals surface area contributed by atoms with Crippen LogP contribution in [0.25, 0.3) is 0 Å². The third-order valence-electron chi connectivity index (χ3n) is 15.2. The van der Waals surface area contributed by atoms with Crippen molar-refractivity contribution >= 4 is 17.9 Å². The molecular formula is C72H130O6. The first-order chi connectivity index (χ1) is 38.5. The van der Waals surface area contributed by atoms with E-state index in [0.717, 1.165) is 96.3 Å². The summed E-state index contributed by atoms with van der Waals surface area (Å²) in [6.07, 6.45) is 85.2. The predicted octanol–water partition coefficient (Wildman–Crippen LogP) is 23.5. The molecular weight excluding hydrogens is 961 g/mol. The molecule has 1 unspecified atom stereocenters. The highest BCUT2D eigenvalue weighted by Gasteiger charge is 2.19. The number of esters is 3. The van der Waals surface area contributed by atoms with E-state index in [1.807, 2.05) is 0 Å². The first kappa shape index (κ1) is 75.1. The van der Waals surface area contributed by atoms with Crippen LogP contribution in [-0.2, 0) is 28.6 Å². The molecule has 0 fully saturated rings.